The summed E-state index contributed by atoms with van der Waals surface area (Å²) in [5.41, 5.74) is 5.23. The number of rotatable bonds is 8. The van der Waals surface area contributed by atoms with Crippen molar-refractivity contribution >= 4 is 104 Å². The van der Waals surface area contributed by atoms with E-state index < -0.39 is 31.2 Å². The number of carboxylic acids is 1. The van der Waals surface area contributed by atoms with E-state index in [0.29, 0.717) is 5.75 Å². The van der Waals surface area contributed by atoms with Gasteiger partial charge in [-0.25, -0.2) is 0 Å². The maximum atomic E-state index is 10.2. The maximum Gasteiger partial charge on any atom is 0.321 e. The third-order valence-electron chi connectivity index (χ3n) is 2.61. The molecule has 3 nitrogen and oxygen atoms in total. The fourth-order valence-electron chi connectivity index (χ4n) is 1.29. The first-order chi connectivity index (χ1) is 9.70. The van der Waals surface area contributed by atoms with Crippen LogP contribution in [0.15, 0.2) is 10.8 Å². The summed E-state index contributed by atoms with van der Waals surface area (Å²) in [6.07, 6.45) is -2.15. The Bertz CT molecular complexity index is 347. The van der Waals surface area contributed by atoms with Crippen molar-refractivity contribution < 1.29 is 9.90 Å². The molecule has 0 saturated carbocycles. The van der Waals surface area contributed by atoms with Gasteiger partial charge in [-0.1, -0.05) is 4.80 Å². The Morgan fingerprint density at radius 3 is 2.10 bits per heavy atom. The molecule has 0 amide bonds. The normalized spacial score (nSPS) is 12.5. The SMILES string of the molecule is N[C@@H](CSC1=C[B]1)C(=O)O.[B][B]B([B])B(B([B])[B])B([B])[B]. The molecule has 0 fully saturated rings. The number of hydrogen-bond donors (Lipinski definition) is 2. The molecule has 0 aliphatic carbocycles. The van der Waals surface area contributed by atoms with Gasteiger partial charge < -0.3 is 10.8 Å². The number of carboxylic acid groups (broad SMARTS) is 1. The summed E-state index contributed by atoms with van der Waals surface area (Å²) in [5, 5.41) is 8.35. The van der Waals surface area contributed by atoms with Gasteiger partial charge in [0.2, 0.25) is 0 Å². The fraction of sp³-hybridized carbons (Fsp3) is 0.400. The van der Waals surface area contributed by atoms with E-state index in [4.69, 9.17) is 57.3 Å². The van der Waals surface area contributed by atoms with E-state index in [0.717, 1.165) is 4.80 Å². The van der Waals surface area contributed by atoms with Gasteiger partial charge in [0.25, 0.3) is 0 Å². The van der Waals surface area contributed by atoms with Crippen molar-refractivity contribution in [3.63, 3.8) is 0 Å². The van der Waals surface area contributed by atoms with Crippen molar-refractivity contribution in [2.24, 2.45) is 5.73 Å². The molecule has 0 saturated heterocycles. The smallest absolute Gasteiger partial charge is 0.321 e. The minimum absolute atomic E-state index is 0.389. The molecule has 1 heterocycles. The summed E-state index contributed by atoms with van der Waals surface area (Å²) < 4.78 is 0. The lowest BCUT2D eigenvalue weighted by Crippen LogP contribution is -2.63. The zero-order chi connectivity index (χ0) is 16.6. The van der Waals surface area contributed by atoms with Crippen LogP contribution in [0.4, 0.5) is 0 Å². The molecule has 0 aromatic rings. The zero-order valence-electron chi connectivity index (χ0n) is 11.6. The van der Waals surface area contributed by atoms with Crippen molar-refractivity contribution in [1.82, 2.24) is 0 Å². The lowest BCUT2D eigenvalue weighted by molar-refractivity contribution is -0.137. The third kappa shape index (κ3) is 9.83. The fourth-order valence-corrected chi connectivity index (χ4v) is 2.06. The Morgan fingerprint density at radius 2 is 1.86 bits per heavy atom. The Balaban J connectivity index is 0.000000382. The van der Waals surface area contributed by atoms with Gasteiger partial charge in [0.1, 0.15) is 6.04 Å². The number of thioether (sulfide) groups is 1. The van der Waals surface area contributed by atoms with Crippen molar-refractivity contribution in [2.75, 3.05) is 5.75 Å². The summed E-state index contributed by atoms with van der Waals surface area (Å²) in [7, 11) is 35.4. The monoisotopic (exact) mass is 277 g/mol. The minimum Gasteiger partial charge on any atom is -0.480 e. The van der Waals surface area contributed by atoms with E-state index in [1.165, 1.54) is 18.8 Å². The molecule has 3 N–H and O–H groups in total. The van der Waals surface area contributed by atoms with E-state index in [1.807, 2.05) is 13.3 Å². The zero-order valence-corrected chi connectivity index (χ0v) is 12.4. The van der Waals surface area contributed by atoms with Gasteiger partial charge in [-0.15, -0.1) is 17.7 Å². The van der Waals surface area contributed by atoms with E-state index >= 15 is 0 Å². The molecule has 21 heavy (non-hydrogen) atoms. The van der Waals surface area contributed by atoms with Crippen molar-refractivity contribution in [3.8, 4) is 0 Å². The van der Waals surface area contributed by atoms with Crippen LogP contribution in [0, 0.1) is 0 Å². The highest BCUT2D eigenvalue weighted by molar-refractivity contribution is 8.05. The molecule has 0 bridgehead atoms. The molecule has 0 aromatic carbocycles. The van der Waals surface area contributed by atoms with Crippen LogP contribution in [-0.4, -0.2) is 109 Å². The Morgan fingerprint density at radius 1 is 1.38 bits per heavy atom. The van der Waals surface area contributed by atoms with Gasteiger partial charge in [-0.05, 0) is 0 Å². The molecule has 16 heteroatoms. The predicted molar refractivity (Wildman–Crippen MR) is 105 cm³/mol. The van der Waals surface area contributed by atoms with Crippen molar-refractivity contribution in [2.45, 2.75) is 6.04 Å². The second kappa shape index (κ2) is 10.9. The van der Waals surface area contributed by atoms with Crippen LogP contribution in [0.2, 0.25) is 0 Å². The highest BCUT2D eigenvalue weighted by Crippen LogP contribution is 2.23. The summed E-state index contributed by atoms with van der Waals surface area (Å²) >= 11 is 1.48. The number of carbonyl (C=O) groups is 1. The van der Waals surface area contributed by atoms with Gasteiger partial charge in [0.15, 0.2) is 7.28 Å². The van der Waals surface area contributed by atoms with Gasteiger partial charge >= 0.3 is 5.97 Å². The first kappa shape index (κ1) is 21.3. The molecule has 1 rings (SSSR count). The molecule has 0 spiro atoms. The molecule has 1 aliphatic rings. The van der Waals surface area contributed by atoms with Gasteiger partial charge in [-0.2, -0.15) is 0 Å². The van der Waals surface area contributed by atoms with Gasteiger partial charge in [0, 0.05) is 84.8 Å². The van der Waals surface area contributed by atoms with Gasteiger partial charge in [0.05, 0.1) is 0 Å². The predicted octanol–water partition coefficient (Wildman–Crippen LogP) is -4.54. The molecule has 86 valence electrons. The standard InChI is InChI=1S/C5H7BNO2S.B11/c7-3(5(8)9)2-10-4-1-6-4;1-7-10(6)11(8(2)3)9(4)5/h1,3H,2,7H2,(H,8,9);/t3-;/m0./s1. The Hall–Kier alpha value is 0.299. The highest BCUT2D eigenvalue weighted by Gasteiger charge is 2.26. The quantitative estimate of drug-likeness (QED) is 0.438. The van der Waals surface area contributed by atoms with E-state index in [-0.39, 0.29) is 6.39 Å². The lowest BCUT2D eigenvalue weighted by Gasteiger charge is -2.25. The summed E-state index contributed by atoms with van der Waals surface area (Å²) in [4.78, 5) is 11.3. The van der Waals surface area contributed by atoms with Crippen LogP contribution in [0.25, 0.3) is 0 Å². The topological polar surface area (TPSA) is 63.3 Å². The van der Waals surface area contributed by atoms with Crippen LogP contribution in [0.1, 0.15) is 0 Å². The molecular formula is C5H7B12NO2S. The average Bonchev–Trinajstić information content (AvgIpc) is 3.19. The third-order valence-corrected chi connectivity index (χ3v) is 3.74. The summed E-state index contributed by atoms with van der Waals surface area (Å²) in [6.45, 7) is 0. The Kier molecular flexibility index (Phi) is 11.1. The average molecular weight is 275 g/mol. The molecule has 1 aliphatic heterocycles. The largest absolute Gasteiger partial charge is 0.480 e. The molecule has 1 atom stereocenters. The number of nitrogens with two attached hydrogens (primary N) is 1. The highest BCUT2D eigenvalue weighted by atomic mass is 32.2. The van der Waals surface area contributed by atoms with Crippen LogP contribution in [0.3, 0.4) is 0 Å². The van der Waals surface area contributed by atoms with E-state index in [1.54, 1.807) is 0 Å². The van der Waals surface area contributed by atoms with Crippen molar-refractivity contribution in [1.29, 1.82) is 0 Å². The second-order valence-electron chi connectivity index (χ2n) is 4.49. The molecule has 0 aromatic heterocycles. The molecule has 0 unspecified atom stereocenters. The van der Waals surface area contributed by atoms with Crippen molar-refractivity contribution in [3.05, 3.63) is 10.8 Å². The molecular weight excluding hydrogens is 268 g/mol. The summed E-state index contributed by atoms with van der Waals surface area (Å²) in [6, 6.07) is -0.736. The number of hydrogen-bond acceptors (Lipinski definition) is 3. The Labute approximate surface area is 142 Å². The van der Waals surface area contributed by atoms with Crippen LogP contribution < -0.4 is 5.73 Å². The van der Waals surface area contributed by atoms with E-state index in [9.17, 15) is 4.79 Å². The maximum absolute atomic E-state index is 10.2. The lowest BCUT2D eigenvalue weighted by atomic mass is 8.56. The second-order valence-corrected chi connectivity index (χ2v) is 5.59. The van der Waals surface area contributed by atoms with Crippen LogP contribution >= 0.6 is 11.8 Å². The van der Waals surface area contributed by atoms with Crippen LogP contribution in [0.5, 0.6) is 0 Å². The first-order valence-corrected chi connectivity index (χ1v) is 7.18. The number of aliphatic carboxylic acids is 1. The molecule has 14 radical (unpaired) electrons. The first-order valence-electron chi connectivity index (χ1n) is 6.19. The van der Waals surface area contributed by atoms with E-state index in [2.05, 4.69) is 0 Å². The van der Waals surface area contributed by atoms with Gasteiger partial charge in [-0.3, -0.25) is 4.79 Å². The minimum atomic E-state index is -0.936. The summed E-state index contributed by atoms with van der Waals surface area (Å²) in [5.74, 6) is 1.45. The van der Waals surface area contributed by atoms with Crippen LogP contribution in [-0.2, 0) is 4.79 Å².